The number of hydrogen-bond donors (Lipinski definition) is 1. The molecule has 0 bridgehead atoms. The van der Waals surface area contributed by atoms with Gasteiger partial charge in [-0.05, 0) is 36.8 Å². The average molecular weight is 321 g/mol. The minimum absolute atomic E-state index is 0.344. The predicted octanol–water partition coefficient (Wildman–Crippen LogP) is 4.23. The third-order valence-electron chi connectivity index (χ3n) is 3.68. The molecule has 120 valence electrons. The van der Waals surface area contributed by atoms with Gasteiger partial charge < -0.3 is 10.5 Å². The second-order valence-electron chi connectivity index (χ2n) is 5.53. The minimum atomic E-state index is -0.344. The lowest BCUT2D eigenvalue weighted by molar-refractivity contribution is 0.436. The predicted molar refractivity (Wildman–Crippen MR) is 90.3 cm³/mol. The number of ether oxygens (including phenoxy) is 1. The molecule has 1 aromatic heterocycles. The van der Waals surface area contributed by atoms with E-state index in [9.17, 15) is 9.65 Å². The molecule has 3 rings (SSSR count). The van der Waals surface area contributed by atoms with Crippen LogP contribution in [0.15, 0.2) is 54.6 Å². The Morgan fingerprint density at radius 2 is 1.79 bits per heavy atom. The number of aryl methyl sites for hydroxylation is 1. The molecule has 0 unspecified atom stereocenters. The Bertz CT molecular complexity index is 890. The Balaban J connectivity index is 1.96. The molecule has 2 aromatic carbocycles. The summed E-state index contributed by atoms with van der Waals surface area (Å²) >= 11 is 0. The summed E-state index contributed by atoms with van der Waals surface area (Å²) in [6, 6.07) is 17.4. The van der Waals surface area contributed by atoms with Crippen LogP contribution >= 0.6 is 0 Å². The van der Waals surface area contributed by atoms with Crippen molar-refractivity contribution in [1.29, 1.82) is 5.26 Å². The maximum atomic E-state index is 13.0. The third-order valence-corrected chi connectivity index (χ3v) is 3.68. The molecule has 24 heavy (non-hydrogen) atoms. The van der Waals surface area contributed by atoms with Gasteiger partial charge in [0.2, 0.25) is 5.88 Å². The lowest BCUT2D eigenvalue weighted by Crippen LogP contribution is -2.05. The Kier molecular flexibility index (Phi) is 4.21. The van der Waals surface area contributed by atoms with Gasteiger partial charge in [0.1, 0.15) is 23.3 Å². The van der Waals surface area contributed by atoms with Crippen molar-refractivity contribution in [3.63, 3.8) is 0 Å². The number of rotatable bonds is 4. The fraction of sp³-hybridized carbons (Fsp3) is 0.105. The van der Waals surface area contributed by atoms with E-state index in [4.69, 9.17) is 10.5 Å². The molecule has 0 saturated carbocycles. The maximum Gasteiger partial charge on any atom is 0.224 e. The van der Waals surface area contributed by atoms with Gasteiger partial charge in [-0.3, -0.25) is 4.57 Å². The number of nitrogen functional groups attached to an aromatic ring is 1. The second-order valence-corrected chi connectivity index (χ2v) is 5.53. The highest BCUT2D eigenvalue weighted by atomic mass is 19.1. The van der Waals surface area contributed by atoms with Crippen molar-refractivity contribution in [2.45, 2.75) is 13.5 Å². The lowest BCUT2D eigenvalue weighted by atomic mass is 10.1. The third kappa shape index (κ3) is 3.23. The van der Waals surface area contributed by atoms with E-state index >= 15 is 0 Å². The maximum absolute atomic E-state index is 13.0. The number of nitrogens with two attached hydrogens (primary N) is 1. The average Bonchev–Trinajstić information content (AvgIpc) is 2.87. The van der Waals surface area contributed by atoms with Crippen molar-refractivity contribution in [2.24, 2.45) is 0 Å². The largest absolute Gasteiger partial charge is 0.439 e. The van der Waals surface area contributed by atoms with Crippen LogP contribution in [0.1, 0.15) is 16.8 Å². The molecule has 0 saturated heterocycles. The monoisotopic (exact) mass is 321 g/mol. The normalized spacial score (nSPS) is 10.4. The van der Waals surface area contributed by atoms with Gasteiger partial charge in [0, 0.05) is 6.07 Å². The molecule has 5 heteroatoms. The van der Waals surface area contributed by atoms with E-state index in [0.717, 1.165) is 11.1 Å². The van der Waals surface area contributed by atoms with Gasteiger partial charge in [0.25, 0.3) is 0 Å². The van der Waals surface area contributed by atoms with Gasteiger partial charge in [0.15, 0.2) is 0 Å². The van der Waals surface area contributed by atoms with Crippen molar-refractivity contribution in [3.8, 4) is 17.7 Å². The Morgan fingerprint density at radius 3 is 2.42 bits per heavy atom. The number of benzene rings is 2. The number of hydrogen-bond acceptors (Lipinski definition) is 3. The van der Waals surface area contributed by atoms with Gasteiger partial charge in [-0.1, -0.05) is 29.8 Å². The van der Waals surface area contributed by atoms with Crippen LogP contribution in [0, 0.1) is 24.1 Å². The number of anilines is 1. The van der Waals surface area contributed by atoms with E-state index in [1.807, 2.05) is 31.2 Å². The van der Waals surface area contributed by atoms with Gasteiger partial charge >= 0.3 is 0 Å². The second kappa shape index (κ2) is 6.47. The fourth-order valence-electron chi connectivity index (χ4n) is 2.41. The molecule has 4 nitrogen and oxygen atoms in total. The van der Waals surface area contributed by atoms with Crippen LogP contribution in [-0.4, -0.2) is 4.57 Å². The zero-order valence-corrected chi connectivity index (χ0v) is 13.2. The summed E-state index contributed by atoms with van der Waals surface area (Å²) in [5, 5.41) is 9.35. The van der Waals surface area contributed by atoms with E-state index in [2.05, 4.69) is 6.07 Å². The summed E-state index contributed by atoms with van der Waals surface area (Å²) in [5.41, 5.74) is 8.96. The van der Waals surface area contributed by atoms with Crippen LogP contribution in [0.4, 0.5) is 10.1 Å². The highest BCUT2D eigenvalue weighted by molar-refractivity contribution is 5.56. The van der Waals surface area contributed by atoms with Gasteiger partial charge in [-0.15, -0.1) is 0 Å². The summed E-state index contributed by atoms with van der Waals surface area (Å²) in [5.74, 6) is 0.484. The molecule has 0 aliphatic heterocycles. The van der Waals surface area contributed by atoms with E-state index in [0.29, 0.717) is 29.6 Å². The highest BCUT2D eigenvalue weighted by Gasteiger charge is 2.16. The van der Waals surface area contributed by atoms with Crippen LogP contribution < -0.4 is 10.5 Å². The fourth-order valence-corrected chi connectivity index (χ4v) is 2.41. The van der Waals surface area contributed by atoms with E-state index in [-0.39, 0.29) is 5.82 Å². The summed E-state index contributed by atoms with van der Waals surface area (Å²) in [6.07, 6.45) is 0. The molecule has 0 radical (unpaired) electrons. The number of halogens is 1. The molecule has 0 fully saturated rings. The summed E-state index contributed by atoms with van der Waals surface area (Å²) in [6.45, 7) is 2.47. The van der Waals surface area contributed by atoms with Crippen LogP contribution in [0.5, 0.6) is 11.6 Å². The van der Waals surface area contributed by atoms with Crippen molar-refractivity contribution in [3.05, 3.63) is 77.2 Å². The lowest BCUT2D eigenvalue weighted by Gasteiger charge is -2.12. The first-order chi connectivity index (χ1) is 11.6. The number of nitriles is 1. The van der Waals surface area contributed by atoms with Crippen LogP contribution in [0.3, 0.4) is 0 Å². The smallest absolute Gasteiger partial charge is 0.224 e. The molecule has 0 amide bonds. The standard InChI is InChI=1S/C19H16FN3O/c1-13-2-4-14(5-3-13)12-23-16(11-21)10-18(22)19(23)24-17-8-6-15(20)7-9-17/h2-10H,12,22H2,1H3. The van der Waals surface area contributed by atoms with Gasteiger partial charge in [-0.25, -0.2) is 4.39 Å². The summed E-state index contributed by atoms with van der Waals surface area (Å²) in [7, 11) is 0. The summed E-state index contributed by atoms with van der Waals surface area (Å²) < 4.78 is 20.5. The van der Waals surface area contributed by atoms with E-state index in [1.165, 1.54) is 24.3 Å². The molecule has 1 heterocycles. The van der Waals surface area contributed by atoms with E-state index < -0.39 is 0 Å². The first-order valence-corrected chi connectivity index (χ1v) is 7.45. The molecule has 0 atom stereocenters. The first-order valence-electron chi connectivity index (χ1n) is 7.45. The zero-order valence-electron chi connectivity index (χ0n) is 13.2. The zero-order chi connectivity index (χ0) is 17.1. The molecule has 0 spiro atoms. The van der Waals surface area contributed by atoms with Gasteiger partial charge in [0.05, 0.1) is 12.2 Å². The molecule has 0 aliphatic rings. The number of nitrogens with zero attached hydrogens (tertiary/aromatic N) is 2. The van der Waals surface area contributed by atoms with E-state index in [1.54, 1.807) is 10.6 Å². The Labute approximate surface area is 139 Å². The number of aromatic nitrogens is 1. The van der Waals surface area contributed by atoms with Crippen LogP contribution in [0.25, 0.3) is 0 Å². The van der Waals surface area contributed by atoms with Crippen molar-refractivity contribution in [2.75, 3.05) is 5.73 Å². The SMILES string of the molecule is Cc1ccc(Cn2c(C#N)cc(N)c2Oc2ccc(F)cc2)cc1. The van der Waals surface area contributed by atoms with Gasteiger partial charge in [-0.2, -0.15) is 5.26 Å². The molecule has 3 aromatic rings. The quantitative estimate of drug-likeness (QED) is 0.782. The molecule has 0 aliphatic carbocycles. The topological polar surface area (TPSA) is 64.0 Å². The van der Waals surface area contributed by atoms with Crippen molar-refractivity contribution in [1.82, 2.24) is 4.57 Å². The Morgan fingerprint density at radius 1 is 1.12 bits per heavy atom. The highest BCUT2D eigenvalue weighted by Crippen LogP contribution is 2.32. The Hall–Kier alpha value is -3.26. The van der Waals surface area contributed by atoms with Crippen LogP contribution in [-0.2, 0) is 6.54 Å². The van der Waals surface area contributed by atoms with Crippen molar-refractivity contribution >= 4 is 5.69 Å². The molecule has 2 N–H and O–H groups in total. The van der Waals surface area contributed by atoms with Crippen LogP contribution in [0.2, 0.25) is 0 Å². The van der Waals surface area contributed by atoms with Crippen molar-refractivity contribution < 1.29 is 9.13 Å². The molecular weight excluding hydrogens is 305 g/mol. The first kappa shape index (κ1) is 15.6. The molecular formula is C19H16FN3O. The summed E-state index contributed by atoms with van der Waals surface area (Å²) in [4.78, 5) is 0. The minimum Gasteiger partial charge on any atom is -0.439 e.